The Morgan fingerprint density at radius 2 is 2.07 bits per heavy atom. The lowest BCUT2D eigenvalue weighted by Gasteiger charge is -2.46. The molecule has 2 aliphatic heterocycles. The molecular weight excluding hydrogens is 388 g/mol. The molecule has 0 aromatic carbocycles. The summed E-state index contributed by atoms with van der Waals surface area (Å²) in [6.07, 6.45) is 2.06. The van der Waals surface area contributed by atoms with Gasteiger partial charge in [-0.15, -0.1) is 0 Å². The van der Waals surface area contributed by atoms with Crippen LogP contribution in [-0.2, 0) is 18.8 Å². The summed E-state index contributed by atoms with van der Waals surface area (Å²) in [5.41, 5.74) is -0.0912. The molecule has 1 unspecified atom stereocenters. The largest absolute Gasteiger partial charge is 0.445 e. The molecule has 164 valence electrons. The zero-order valence-electron chi connectivity index (χ0n) is 18.4. The summed E-state index contributed by atoms with van der Waals surface area (Å²) >= 11 is 0. The molecule has 8 heteroatoms. The first-order valence-corrected chi connectivity index (χ1v) is 13.3. The van der Waals surface area contributed by atoms with E-state index in [-0.39, 0.29) is 47.5 Å². The van der Waals surface area contributed by atoms with Crippen molar-refractivity contribution in [2.24, 2.45) is 23.2 Å². The molecule has 0 aromatic rings. The third-order valence-corrected chi connectivity index (χ3v) is 6.73. The SMILES string of the molecule is C=CCOC(=O)N1CCC(C(=O)C[C@H]2NC(=O)[C@H]2[C@@H](CO[SiH](C)C)C(C)(C)C)C1. The summed E-state index contributed by atoms with van der Waals surface area (Å²) in [6, 6.07) is -0.154. The summed E-state index contributed by atoms with van der Waals surface area (Å²) < 4.78 is 11.0. The number of carbonyl (C=O) groups is 3. The number of hydrogen-bond acceptors (Lipinski definition) is 5. The lowest BCUT2D eigenvalue weighted by molar-refractivity contribution is -0.143. The Hall–Kier alpha value is -1.67. The lowest BCUT2D eigenvalue weighted by atomic mass is 9.66. The summed E-state index contributed by atoms with van der Waals surface area (Å²) in [4.78, 5) is 38.8. The van der Waals surface area contributed by atoms with Crippen molar-refractivity contribution in [2.75, 3.05) is 26.3 Å². The molecular formula is C21H36N2O5Si. The first kappa shape index (κ1) is 23.6. The van der Waals surface area contributed by atoms with Gasteiger partial charge in [-0.1, -0.05) is 33.4 Å². The summed E-state index contributed by atoms with van der Waals surface area (Å²) in [5, 5.41) is 2.93. The van der Waals surface area contributed by atoms with E-state index in [2.05, 4.69) is 45.8 Å². The Morgan fingerprint density at radius 3 is 2.62 bits per heavy atom. The Morgan fingerprint density at radius 1 is 1.38 bits per heavy atom. The highest BCUT2D eigenvalue weighted by Gasteiger charge is 2.49. The molecule has 7 nitrogen and oxygen atoms in total. The average molecular weight is 425 g/mol. The number of likely N-dealkylation sites (tertiary alicyclic amines) is 1. The van der Waals surface area contributed by atoms with E-state index in [0.29, 0.717) is 32.5 Å². The van der Waals surface area contributed by atoms with Crippen LogP contribution < -0.4 is 5.32 Å². The molecule has 2 aliphatic rings. The smallest absolute Gasteiger partial charge is 0.410 e. The van der Waals surface area contributed by atoms with Gasteiger partial charge in [0.2, 0.25) is 5.91 Å². The van der Waals surface area contributed by atoms with Gasteiger partial charge >= 0.3 is 6.09 Å². The fourth-order valence-corrected chi connectivity index (χ4v) is 4.67. The fourth-order valence-electron chi connectivity index (χ4n) is 4.08. The fraction of sp³-hybridized carbons (Fsp3) is 0.762. The molecule has 2 amide bonds. The number of hydrogen-bond donors (Lipinski definition) is 1. The summed E-state index contributed by atoms with van der Waals surface area (Å²) in [5.74, 6) is -0.222. The van der Waals surface area contributed by atoms with Crippen LogP contribution in [0.15, 0.2) is 12.7 Å². The standard InChI is InChI=1S/C21H36N2O5Si/c1-7-10-27-20(26)23-9-8-14(12-23)17(24)11-16-18(19(25)22-16)15(21(2,3)4)13-28-29(5)6/h7,14-16,18,29H,1,8-13H2,2-6H3,(H,22,25)/t14?,15-,16-,18+/m1/s1. The van der Waals surface area contributed by atoms with E-state index >= 15 is 0 Å². The van der Waals surface area contributed by atoms with Crippen LogP contribution in [0.1, 0.15) is 33.6 Å². The van der Waals surface area contributed by atoms with Crippen molar-refractivity contribution < 1.29 is 23.5 Å². The van der Waals surface area contributed by atoms with Gasteiger partial charge in [-0.25, -0.2) is 4.79 Å². The maximum atomic E-state index is 12.9. The molecule has 0 aliphatic carbocycles. The number of ketones is 1. The highest BCUT2D eigenvalue weighted by molar-refractivity contribution is 6.48. The van der Waals surface area contributed by atoms with Gasteiger partial charge in [-0.2, -0.15) is 0 Å². The molecule has 2 heterocycles. The van der Waals surface area contributed by atoms with Crippen LogP contribution in [0.5, 0.6) is 0 Å². The number of ether oxygens (including phenoxy) is 1. The van der Waals surface area contributed by atoms with Crippen LogP contribution in [0.4, 0.5) is 4.79 Å². The predicted molar refractivity (Wildman–Crippen MR) is 114 cm³/mol. The quantitative estimate of drug-likeness (QED) is 0.349. The van der Waals surface area contributed by atoms with Crippen molar-refractivity contribution in [2.45, 2.75) is 52.7 Å². The van der Waals surface area contributed by atoms with Crippen molar-refractivity contribution in [1.29, 1.82) is 0 Å². The first-order valence-electron chi connectivity index (χ1n) is 10.5. The molecule has 29 heavy (non-hydrogen) atoms. The van der Waals surface area contributed by atoms with Crippen molar-refractivity contribution in [1.82, 2.24) is 10.2 Å². The maximum Gasteiger partial charge on any atom is 0.410 e. The van der Waals surface area contributed by atoms with E-state index < -0.39 is 15.1 Å². The van der Waals surface area contributed by atoms with Crippen LogP contribution in [0, 0.1) is 23.2 Å². The van der Waals surface area contributed by atoms with Crippen LogP contribution in [0.25, 0.3) is 0 Å². The Labute approximate surface area is 175 Å². The molecule has 4 atom stereocenters. The number of amides is 2. The topological polar surface area (TPSA) is 84.9 Å². The van der Waals surface area contributed by atoms with E-state index in [9.17, 15) is 14.4 Å². The van der Waals surface area contributed by atoms with Gasteiger partial charge in [0, 0.05) is 38.1 Å². The molecule has 1 N–H and O–H groups in total. The maximum absolute atomic E-state index is 12.9. The van der Waals surface area contributed by atoms with Gasteiger partial charge in [0.15, 0.2) is 9.04 Å². The van der Waals surface area contributed by atoms with Crippen molar-refractivity contribution in [3.8, 4) is 0 Å². The number of β-lactam (4-membered cyclic amide) rings is 1. The van der Waals surface area contributed by atoms with Gasteiger partial charge in [0.1, 0.15) is 12.4 Å². The molecule has 2 saturated heterocycles. The zero-order valence-corrected chi connectivity index (χ0v) is 19.6. The highest BCUT2D eigenvalue weighted by atomic mass is 28.3. The van der Waals surface area contributed by atoms with E-state index in [1.54, 1.807) is 4.90 Å². The third kappa shape index (κ3) is 6.15. The van der Waals surface area contributed by atoms with Crippen molar-refractivity contribution in [3.63, 3.8) is 0 Å². The Bertz CT molecular complexity index is 631. The van der Waals surface area contributed by atoms with Crippen LogP contribution in [0.2, 0.25) is 13.1 Å². The van der Waals surface area contributed by atoms with E-state index in [0.717, 1.165) is 0 Å². The summed E-state index contributed by atoms with van der Waals surface area (Å²) in [7, 11) is -1.19. The Balaban J connectivity index is 1.95. The van der Waals surface area contributed by atoms with Crippen LogP contribution in [0.3, 0.4) is 0 Å². The second-order valence-corrected chi connectivity index (χ2v) is 11.9. The minimum atomic E-state index is -1.19. The van der Waals surface area contributed by atoms with E-state index in [4.69, 9.17) is 9.16 Å². The molecule has 0 bridgehead atoms. The van der Waals surface area contributed by atoms with Crippen LogP contribution >= 0.6 is 0 Å². The van der Waals surface area contributed by atoms with E-state index in [1.165, 1.54) is 6.08 Å². The van der Waals surface area contributed by atoms with Gasteiger partial charge in [-0.3, -0.25) is 9.59 Å². The molecule has 0 radical (unpaired) electrons. The molecule has 0 spiro atoms. The molecule has 2 rings (SSSR count). The predicted octanol–water partition coefficient (Wildman–Crippen LogP) is 2.37. The normalized spacial score (nSPS) is 25.4. The number of nitrogens with zero attached hydrogens (tertiary/aromatic N) is 1. The van der Waals surface area contributed by atoms with E-state index in [1.807, 2.05) is 0 Å². The monoisotopic (exact) mass is 424 g/mol. The van der Waals surface area contributed by atoms with Gasteiger partial charge < -0.3 is 19.4 Å². The highest BCUT2D eigenvalue weighted by Crippen LogP contribution is 2.39. The molecule has 0 aromatic heterocycles. The van der Waals surface area contributed by atoms with Crippen molar-refractivity contribution in [3.05, 3.63) is 12.7 Å². The number of carbonyl (C=O) groups excluding carboxylic acids is 3. The van der Waals surface area contributed by atoms with Crippen LogP contribution in [-0.4, -0.2) is 64.1 Å². The molecule has 2 fully saturated rings. The first-order chi connectivity index (χ1) is 13.5. The minimum Gasteiger partial charge on any atom is -0.445 e. The lowest BCUT2D eigenvalue weighted by Crippen LogP contribution is -2.64. The number of nitrogens with one attached hydrogen (secondary N) is 1. The average Bonchev–Trinajstić information content (AvgIpc) is 3.11. The minimum absolute atomic E-state index is 0.0119. The van der Waals surface area contributed by atoms with Gasteiger partial charge in [-0.05, 0) is 30.8 Å². The van der Waals surface area contributed by atoms with Gasteiger partial charge in [0.05, 0.1) is 5.92 Å². The Kier molecular flexibility index (Phi) is 8.05. The summed E-state index contributed by atoms with van der Waals surface area (Å²) in [6.45, 7) is 15.8. The van der Waals surface area contributed by atoms with Gasteiger partial charge in [0.25, 0.3) is 0 Å². The second kappa shape index (κ2) is 9.89. The van der Waals surface area contributed by atoms with Crippen molar-refractivity contribution >= 4 is 26.8 Å². The number of rotatable bonds is 9. The molecule has 0 saturated carbocycles. The second-order valence-electron chi connectivity index (χ2n) is 9.46. The number of Topliss-reactive ketones (excluding diaryl/α,β-unsaturated/α-hetero) is 1. The zero-order chi connectivity index (χ0) is 21.8. The third-order valence-electron chi connectivity index (χ3n) is 5.87.